The molecule has 112 valence electrons. The van der Waals surface area contributed by atoms with Crippen LogP contribution in [0.3, 0.4) is 0 Å². The molecule has 1 aromatic carbocycles. The number of nitriles is 1. The number of hydrogen-bond donors (Lipinski definition) is 1. The van der Waals surface area contributed by atoms with Crippen molar-refractivity contribution >= 4 is 17.6 Å². The van der Waals surface area contributed by atoms with E-state index < -0.39 is 11.8 Å². The lowest BCUT2D eigenvalue weighted by Gasteiger charge is -2.14. The van der Waals surface area contributed by atoms with Crippen LogP contribution in [0.15, 0.2) is 18.2 Å². The van der Waals surface area contributed by atoms with E-state index in [2.05, 4.69) is 4.98 Å². The second-order valence-corrected chi connectivity index (χ2v) is 4.78. The molecule has 1 aromatic heterocycles. The average molecular weight is 321 g/mol. The Kier molecular flexibility index (Phi) is 4.29. The smallest absolute Gasteiger partial charge is 0.338 e. The molecule has 0 aliphatic rings. The molecule has 0 unspecified atom stereocenters. The number of carbonyl (C=O) groups is 1. The van der Waals surface area contributed by atoms with E-state index in [1.54, 1.807) is 0 Å². The third kappa shape index (κ3) is 2.59. The minimum Gasteiger partial charge on any atom is -0.496 e. The number of methoxy groups -OCH3 is 1. The highest BCUT2D eigenvalue weighted by molar-refractivity contribution is 6.31. The van der Waals surface area contributed by atoms with Crippen LogP contribution in [0.5, 0.6) is 5.75 Å². The summed E-state index contributed by atoms with van der Waals surface area (Å²) in [7, 11) is 1.33. The molecule has 0 saturated carbocycles. The summed E-state index contributed by atoms with van der Waals surface area (Å²) in [4.78, 5) is 15.4. The molecule has 0 amide bonds. The number of aromatic nitrogens is 1. The Hall–Kier alpha value is -2.65. The molecule has 2 aromatic rings. The minimum absolute atomic E-state index is 0.00611. The Labute approximate surface area is 130 Å². The zero-order valence-corrected chi connectivity index (χ0v) is 12.4. The lowest BCUT2D eigenvalue weighted by molar-refractivity contribution is 0.0696. The van der Waals surface area contributed by atoms with Crippen LogP contribution in [0, 0.1) is 24.1 Å². The molecule has 0 saturated heterocycles. The van der Waals surface area contributed by atoms with Crippen molar-refractivity contribution in [3.63, 3.8) is 0 Å². The number of carboxylic acids is 1. The molecule has 0 aliphatic heterocycles. The van der Waals surface area contributed by atoms with Gasteiger partial charge in [-0.25, -0.2) is 14.2 Å². The van der Waals surface area contributed by atoms with Crippen molar-refractivity contribution in [1.29, 1.82) is 5.26 Å². The number of benzene rings is 1. The Balaban J connectivity index is 2.94. The van der Waals surface area contributed by atoms with Crippen LogP contribution in [0.25, 0.3) is 11.1 Å². The van der Waals surface area contributed by atoms with Gasteiger partial charge in [0, 0.05) is 5.56 Å². The molecule has 1 N–H and O–H groups in total. The Bertz CT molecular complexity index is 815. The predicted molar refractivity (Wildman–Crippen MR) is 77.6 cm³/mol. The Morgan fingerprint density at radius 3 is 2.73 bits per heavy atom. The summed E-state index contributed by atoms with van der Waals surface area (Å²) >= 11 is 5.78. The maximum absolute atomic E-state index is 14.4. The predicted octanol–water partition coefficient (Wildman–Crippen LogP) is 3.43. The molecular formula is C15H10ClFN2O3. The van der Waals surface area contributed by atoms with Crippen molar-refractivity contribution in [2.45, 2.75) is 6.92 Å². The van der Waals surface area contributed by atoms with Crippen molar-refractivity contribution < 1.29 is 19.0 Å². The van der Waals surface area contributed by atoms with Crippen LogP contribution in [0.4, 0.5) is 4.39 Å². The van der Waals surface area contributed by atoms with E-state index in [1.807, 2.05) is 6.07 Å². The van der Waals surface area contributed by atoms with Gasteiger partial charge in [0.1, 0.15) is 17.5 Å². The number of aryl methyl sites for hydroxylation is 1. The molecule has 22 heavy (non-hydrogen) atoms. The third-order valence-corrected chi connectivity index (χ3v) is 3.37. The number of pyridine rings is 1. The molecule has 1 heterocycles. The van der Waals surface area contributed by atoms with Crippen LogP contribution in [-0.2, 0) is 0 Å². The Morgan fingerprint density at radius 1 is 1.50 bits per heavy atom. The summed E-state index contributed by atoms with van der Waals surface area (Å²) < 4.78 is 19.5. The van der Waals surface area contributed by atoms with Gasteiger partial charge in [-0.1, -0.05) is 11.6 Å². The summed E-state index contributed by atoms with van der Waals surface area (Å²) in [5, 5.41) is 18.2. The van der Waals surface area contributed by atoms with Gasteiger partial charge in [0.05, 0.1) is 29.0 Å². The van der Waals surface area contributed by atoms with Crippen molar-refractivity contribution in [1.82, 2.24) is 4.98 Å². The van der Waals surface area contributed by atoms with Gasteiger partial charge in [0.2, 0.25) is 0 Å². The highest BCUT2D eigenvalue weighted by Gasteiger charge is 2.24. The number of rotatable bonds is 3. The average Bonchev–Trinajstić information content (AvgIpc) is 2.48. The summed E-state index contributed by atoms with van der Waals surface area (Å²) in [6.45, 7) is 1.43. The van der Waals surface area contributed by atoms with E-state index >= 15 is 0 Å². The van der Waals surface area contributed by atoms with Gasteiger partial charge in [-0.05, 0) is 25.1 Å². The molecule has 7 heteroatoms. The second-order valence-electron chi connectivity index (χ2n) is 4.37. The number of halogens is 2. The van der Waals surface area contributed by atoms with Gasteiger partial charge in [0.15, 0.2) is 5.82 Å². The monoisotopic (exact) mass is 320 g/mol. The highest BCUT2D eigenvalue weighted by atomic mass is 35.5. The molecular weight excluding hydrogens is 311 g/mol. The molecule has 0 radical (unpaired) electrons. The lowest BCUT2D eigenvalue weighted by Crippen LogP contribution is -2.07. The van der Waals surface area contributed by atoms with E-state index in [0.717, 1.165) is 0 Å². The first-order valence-electron chi connectivity index (χ1n) is 6.08. The quantitative estimate of drug-likeness (QED) is 0.936. The molecule has 0 spiro atoms. The first kappa shape index (κ1) is 15.7. The molecule has 2 rings (SSSR count). The topological polar surface area (TPSA) is 83.2 Å². The maximum atomic E-state index is 14.4. The van der Waals surface area contributed by atoms with Gasteiger partial charge in [-0.2, -0.15) is 5.26 Å². The summed E-state index contributed by atoms with van der Waals surface area (Å²) in [5.41, 5.74) is -0.261. The van der Waals surface area contributed by atoms with Gasteiger partial charge >= 0.3 is 5.97 Å². The number of nitrogens with zero attached hydrogens (tertiary/aromatic N) is 2. The molecule has 0 atom stereocenters. The second kappa shape index (κ2) is 6.00. The van der Waals surface area contributed by atoms with Crippen molar-refractivity contribution in [3.05, 3.63) is 46.0 Å². The van der Waals surface area contributed by atoms with Crippen LogP contribution in [-0.4, -0.2) is 23.2 Å². The number of aromatic carboxylic acids is 1. The van der Waals surface area contributed by atoms with Crippen molar-refractivity contribution in [3.8, 4) is 22.9 Å². The zero-order chi connectivity index (χ0) is 16.4. The summed E-state index contributed by atoms with van der Waals surface area (Å²) in [6, 6.07) is 5.75. The van der Waals surface area contributed by atoms with E-state index in [1.165, 1.54) is 32.2 Å². The van der Waals surface area contributed by atoms with Gasteiger partial charge in [0.25, 0.3) is 0 Å². The number of carboxylic acid groups (broad SMARTS) is 1. The number of hydrogen-bond acceptors (Lipinski definition) is 4. The van der Waals surface area contributed by atoms with Crippen molar-refractivity contribution in [2.24, 2.45) is 0 Å². The molecule has 5 nitrogen and oxygen atoms in total. The zero-order valence-electron chi connectivity index (χ0n) is 11.6. The van der Waals surface area contributed by atoms with E-state index in [9.17, 15) is 14.3 Å². The van der Waals surface area contributed by atoms with Crippen LogP contribution in [0.2, 0.25) is 5.02 Å². The third-order valence-electron chi connectivity index (χ3n) is 3.07. The number of ether oxygens (including phenoxy) is 1. The Morgan fingerprint density at radius 2 is 2.18 bits per heavy atom. The van der Waals surface area contributed by atoms with Crippen LogP contribution < -0.4 is 4.74 Å². The van der Waals surface area contributed by atoms with Crippen LogP contribution >= 0.6 is 11.6 Å². The normalized spacial score (nSPS) is 10.1. The summed E-state index contributed by atoms with van der Waals surface area (Å²) in [6.07, 6.45) is 0. The SMILES string of the molecule is COc1ccc(Cl)c(F)c1-c1cc(C#N)nc(C)c1C(=O)O. The van der Waals surface area contributed by atoms with Crippen molar-refractivity contribution in [2.75, 3.05) is 7.11 Å². The lowest BCUT2D eigenvalue weighted by atomic mass is 9.97. The fraction of sp³-hybridized carbons (Fsp3) is 0.133. The van der Waals surface area contributed by atoms with E-state index in [4.69, 9.17) is 21.6 Å². The highest BCUT2D eigenvalue weighted by Crippen LogP contribution is 2.38. The molecule has 0 fully saturated rings. The first-order chi connectivity index (χ1) is 10.4. The van der Waals surface area contributed by atoms with Gasteiger partial charge in [-0.15, -0.1) is 0 Å². The molecule has 0 bridgehead atoms. The maximum Gasteiger partial charge on any atom is 0.338 e. The minimum atomic E-state index is -1.29. The van der Waals surface area contributed by atoms with E-state index in [0.29, 0.717) is 0 Å². The largest absolute Gasteiger partial charge is 0.496 e. The fourth-order valence-corrected chi connectivity index (χ4v) is 2.31. The molecule has 0 aliphatic carbocycles. The van der Waals surface area contributed by atoms with Gasteiger partial charge < -0.3 is 9.84 Å². The van der Waals surface area contributed by atoms with Crippen LogP contribution in [0.1, 0.15) is 21.7 Å². The first-order valence-corrected chi connectivity index (χ1v) is 6.45. The summed E-state index contributed by atoms with van der Waals surface area (Å²) in [5.74, 6) is -2.00. The standard InChI is InChI=1S/C15H10ClFN2O3/c1-7-12(15(20)21)9(5-8(6-18)19-7)13-11(22-2)4-3-10(16)14(13)17/h3-5H,1-2H3,(H,20,21). The van der Waals surface area contributed by atoms with Gasteiger partial charge in [-0.3, -0.25) is 0 Å². The van der Waals surface area contributed by atoms with E-state index in [-0.39, 0.29) is 38.9 Å². The fourth-order valence-electron chi connectivity index (χ4n) is 2.15.